The summed E-state index contributed by atoms with van der Waals surface area (Å²) in [6.45, 7) is 2.68. The van der Waals surface area contributed by atoms with Crippen LogP contribution in [-0.2, 0) is 11.2 Å². The second kappa shape index (κ2) is 10.5. The van der Waals surface area contributed by atoms with Crippen LogP contribution >= 0.6 is 38.5 Å². The molecule has 0 atom stereocenters. The highest BCUT2D eigenvalue weighted by Crippen LogP contribution is 2.33. The molecule has 0 bridgehead atoms. The molecule has 0 aliphatic heterocycles. The van der Waals surface area contributed by atoms with Gasteiger partial charge in [-0.2, -0.15) is 5.10 Å². The maximum absolute atomic E-state index is 12.0. The molecule has 138 valence electrons. The first-order valence-corrected chi connectivity index (χ1v) is 9.97. The molecule has 0 unspecified atom stereocenters. The number of methoxy groups -OCH3 is 1. The zero-order valence-corrected chi connectivity index (χ0v) is 18.3. The molecule has 2 rings (SSSR count). The van der Waals surface area contributed by atoms with E-state index in [1.165, 1.54) is 0 Å². The molecule has 0 fully saturated rings. The van der Waals surface area contributed by atoms with E-state index in [1.54, 1.807) is 13.3 Å². The van der Waals surface area contributed by atoms with Gasteiger partial charge in [-0.15, -0.1) is 0 Å². The van der Waals surface area contributed by atoms with Gasteiger partial charge in [-0.05, 0) is 64.4 Å². The predicted octanol–water partition coefficient (Wildman–Crippen LogP) is 4.54. The van der Waals surface area contributed by atoms with Crippen molar-refractivity contribution in [3.63, 3.8) is 0 Å². The van der Waals surface area contributed by atoms with Crippen LogP contribution in [0.4, 0.5) is 0 Å². The van der Waals surface area contributed by atoms with Gasteiger partial charge in [0.1, 0.15) is 0 Å². The number of ether oxygens (including phenoxy) is 2. The topological polar surface area (TPSA) is 59.9 Å². The van der Waals surface area contributed by atoms with E-state index in [0.29, 0.717) is 12.4 Å². The lowest BCUT2D eigenvalue weighted by atomic mass is 10.1. The predicted molar refractivity (Wildman–Crippen MR) is 115 cm³/mol. The van der Waals surface area contributed by atoms with Crippen molar-refractivity contribution in [2.75, 3.05) is 13.7 Å². The summed E-state index contributed by atoms with van der Waals surface area (Å²) in [5, 5.41) is 4.03. The summed E-state index contributed by atoms with van der Waals surface area (Å²) in [7, 11) is 1.60. The van der Waals surface area contributed by atoms with Crippen LogP contribution in [0.2, 0.25) is 0 Å². The fourth-order valence-corrected chi connectivity index (χ4v) is 3.21. The number of hydrogen-bond acceptors (Lipinski definition) is 4. The Labute approximate surface area is 175 Å². The molecule has 0 spiro atoms. The monoisotopic (exact) mass is 530 g/mol. The quantitative estimate of drug-likeness (QED) is 0.309. The van der Waals surface area contributed by atoms with E-state index in [2.05, 4.69) is 56.0 Å². The summed E-state index contributed by atoms with van der Waals surface area (Å²) in [4.78, 5) is 12.0. The average Bonchev–Trinajstić information content (AvgIpc) is 2.62. The zero-order valence-electron chi connectivity index (χ0n) is 14.6. The van der Waals surface area contributed by atoms with E-state index in [9.17, 15) is 4.79 Å². The highest BCUT2D eigenvalue weighted by atomic mass is 127. The third kappa shape index (κ3) is 6.28. The molecule has 7 heteroatoms. The number of nitrogens with zero attached hydrogens (tertiary/aromatic N) is 1. The molecule has 0 aromatic heterocycles. The van der Waals surface area contributed by atoms with E-state index >= 15 is 0 Å². The highest BCUT2D eigenvalue weighted by Gasteiger charge is 2.11. The number of carbonyl (C=O) groups is 1. The number of carbonyl (C=O) groups excluding carboxylic acids is 1. The molecule has 0 aliphatic carbocycles. The second-order valence-corrected chi connectivity index (χ2v) is 7.56. The Kier molecular flexibility index (Phi) is 8.37. The molecule has 0 saturated heterocycles. The van der Waals surface area contributed by atoms with Crippen molar-refractivity contribution in [2.24, 2.45) is 5.10 Å². The van der Waals surface area contributed by atoms with Gasteiger partial charge < -0.3 is 9.47 Å². The molecule has 0 saturated carbocycles. The van der Waals surface area contributed by atoms with Crippen LogP contribution in [0.25, 0.3) is 0 Å². The maximum atomic E-state index is 12.0. The first-order chi connectivity index (χ1) is 12.5. The van der Waals surface area contributed by atoms with Crippen LogP contribution in [0.3, 0.4) is 0 Å². The molecule has 2 aromatic rings. The third-order valence-corrected chi connectivity index (χ3v) is 4.71. The molecule has 5 nitrogen and oxygen atoms in total. The van der Waals surface area contributed by atoms with Gasteiger partial charge in [0.15, 0.2) is 11.5 Å². The standard InChI is InChI=1S/C19H20BrIN2O3/c1-3-8-26-19-16(21)9-14(10-17(19)25-2)12-22-23-18(24)11-13-4-6-15(20)7-5-13/h4-7,9-10,12H,3,8,11H2,1-2H3,(H,23,24)/b22-12+. The maximum Gasteiger partial charge on any atom is 0.244 e. The second-order valence-electron chi connectivity index (χ2n) is 5.48. The number of benzene rings is 2. The van der Waals surface area contributed by atoms with Crippen LogP contribution in [0, 0.1) is 3.57 Å². The SMILES string of the molecule is CCCOc1c(I)cc(/C=N/NC(=O)Cc2ccc(Br)cc2)cc1OC. The van der Waals surface area contributed by atoms with Crippen molar-refractivity contribution in [3.8, 4) is 11.5 Å². The average molecular weight is 531 g/mol. The lowest BCUT2D eigenvalue weighted by Crippen LogP contribution is -2.19. The van der Waals surface area contributed by atoms with Gasteiger partial charge in [-0.3, -0.25) is 4.79 Å². The van der Waals surface area contributed by atoms with E-state index in [4.69, 9.17) is 9.47 Å². The number of hydrazone groups is 1. The molecule has 2 aromatic carbocycles. The van der Waals surface area contributed by atoms with Gasteiger partial charge in [-0.1, -0.05) is 35.0 Å². The van der Waals surface area contributed by atoms with Gasteiger partial charge >= 0.3 is 0 Å². The summed E-state index contributed by atoms with van der Waals surface area (Å²) in [6, 6.07) is 11.4. The van der Waals surface area contributed by atoms with Crippen molar-refractivity contribution in [1.82, 2.24) is 5.43 Å². The first-order valence-electron chi connectivity index (χ1n) is 8.10. The molecule has 1 amide bonds. The van der Waals surface area contributed by atoms with Gasteiger partial charge in [-0.25, -0.2) is 5.43 Å². The van der Waals surface area contributed by atoms with E-state index in [-0.39, 0.29) is 12.3 Å². The van der Waals surface area contributed by atoms with Crippen LogP contribution in [0.5, 0.6) is 11.5 Å². The Morgan fingerprint density at radius 3 is 2.69 bits per heavy atom. The Morgan fingerprint density at radius 1 is 1.31 bits per heavy atom. The van der Waals surface area contributed by atoms with Gasteiger partial charge in [0.05, 0.1) is 29.9 Å². The van der Waals surface area contributed by atoms with Crippen LogP contribution in [-0.4, -0.2) is 25.8 Å². The minimum Gasteiger partial charge on any atom is -0.493 e. The fourth-order valence-electron chi connectivity index (χ4n) is 2.16. The van der Waals surface area contributed by atoms with E-state index in [1.807, 2.05) is 36.4 Å². The lowest BCUT2D eigenvalue weighted by molar-refractivity contribution is -0.120. The van der Waals surface area contributed by atoms with Gasteiger partial charge in [0, 0.05) is 4.47 Å². The third-order valence-electron chi connectivity index (χ3n) is 3.38. The summed E-state index contributed by atoms with van der Waals surface area (Å²) >= 11 is 5.57. The summed E-state index contributed by atoms with van der Waals surface area (Å²) < 4.78 is 13.0. The smallest absolute Gasteiger partial charge is 0.244 e. The molecule has 26 heavy (non-hydrogen) atoms. The van der Waals surface area contributed by atoms with Crippen molar-refractivity contribution < 1.29 is 14.3 Å². The number of hydrogen-bond donors (Lipinski definition) is 1. The summed E-state index contributed by atoms with van der Waals surface area (Å²) in [6.07, 6.45) is 2.79. The molecular weight excluding hydrogens is 511 g/mol. The Hall–Kier alpha value is -1.61. The Balaban J connectivity index is 1.99. The molecule has 0 aliphatic rings. The van der Waals surface area contributed by atoms with E-state index in [0.717, 1.165) is 31.3 Å². The Bertz CT molecular complexity index is 779. The van der Waals surface area contributed by atoms with Gasteiger partial charge in [0.2, 0.25) is 5.91 Å². The highest BCUT2D eigenvalue weighted by molar-refractivity contribution is 14.1. The van der Waals surface area contributed by atoms with Crippen molar-refractivity contribution in [3.05, 3.63) is 55.6 Å². The number of halogens is 2. The number of rotatable bonds is 8. The largest absolute Gasteiger partial charge is 0.493 e. The number of nitrogens with one attached hydrogen (secondary N) is 1. The lowest BCUT2D eigenvalue weighted by Gasteiger charge is -2.12. The van der Waals surface area contributed by atoms with Crippen LogP contribution in [0.15, 0.2) is 46.0 Å². The van der Waals surface area contributed by atoms with Crippen molar-refractivity contribution in [1.29, 1.82) is 0 Å². The summed E-state index contributed by atoms with van der Waals surface area (Å²) in [5.74, 6) is 1.20. The Morgan fingerprint density at radius 2 is 2.04 bits per heavy atom. The fraction of sp³-hybridized carbons (Fsp3) is 0.263. The zero-order chi connectivity index (χ0) is 18.9. The van der Waals surface area contributed by atoms with Crippen LogP contribution in [0.1, 0.15) is 24.5 Å². The first kappa shape index (κ1) is 20.7. The minimum absolute atomic E-state index is 0.173. The normalized spacial score (nSPS) is 10.8. The number of amides is 1. The minimum atomic E-state index is -0.173. The molecule has 1 N–H and O–H groups in total. The van der Waals surface area contributed by atoms with Gasteiger partial charge in [0.25, 0.3) is 0 Å². The molecule has 0 radical (unpaired) electrons. The van der Waals surface area contributed by atoms with Crippen molar-refractivity contribution in [2.45, 2.75) is 19.8 Å². The molecular formula is C19H20BrIN2O3. The summed E-state index contributed by atoms with van der Waals surface area (Å²) in [5.41, 5.74) is 4.29. The van der Waals surface area contributed by atoms with E-state index < -0.39 is 0 Å². The molecule has 0 heterocycles. The van der Waals surface area contributed by atoms with Crippen molar-refractivity contribution >= 4 is 50.6 Å². The van der Waals surface area contributed by atoms with Crippen LogP contribution < -0.4 is 14.9 Å².